The van der Waals surface area contributed by atoms with E-state index in [1.54, 1.807) is 29.1 Å². The monoisotopic (exact) mass is 244 g/mol. The molecule has 0 amide bonds. The molecule has 0 saturated heterocycles. The molecule has 0 aliphatic rings. The van der Waals surface area contributed by atoms with Gasteiger partial charge in [-0.2, -0.15) is 13.1 Å². The first-order valence-corrected chi connectivity index (χ1v) is 6.20. The minimum absolute atomic E-state index is 0.0336. The number of carbonyl (C=O) groups excluding carboxylic acids is 1. The van der Waals surface area contributed by atoms with Gasteiger partial charge in [0.25, 0.3) is 10.2 Å². The van der Waals surface area contributed by atoms with Gasteiger partial charge in [0, 0.05) is 6.07 Å². The SMILES string of the molecule is CC(=O)c1ccc[n+](CCNS(N)(=O)=O)c1. The number of hydrogen-bond acceptors (Lipinski definition) is 3. The van der Waals surface area contributed by atoms with Gasteiger partial charge < -0.3 is 0 Å². The minimum atomic E-state index is -3.65. The lowest BCUT2D eigenvalue weighted by molar-refractivity contribution is -0.694. The number of Topliss-reactive ketones (excluding diaryl/α,β-unsaturated/α-hetero) is 1. The van der Waals surface area contributed by atoms with E-state index >= 15 is 0 Å². The summed E-state index contributed by atoms with van der Waals surface area (Å²) in [7, 11) is -3.65. The highest BCUT2D eigenvalue weighted by atomic mass is 32.2. The Morgan fingerprint density at radius 1 is 1.56 bits per heavy atom. The summed E-state index contributed by atoms with van der Waals surface area (Å²) >= 11 is 0. The fourth-order valence-corrected chi connectivity index (χ4v) is 1.56. The van der Waals surface area contributed by atoms with Crippen LogP contribution < -0.4 is 14.4 Å². The summed E-state index contributed by atoms with van der Waals surface area (Å²) in [6.45, 7) is 2.07. The molecule has 0 bridgehead atoms. The topological polar surface area (TPSA) is 93.1 Å². The summed E-state index contributed by atoms with van der Waals surface area (Å²) in [5.74, 6) is -0.0336. The molecule has 0 aliphatic carbocycles. The molecule has 1 heterocycles. The van der Waals surface area contributed by atoms with Crippen molar-refractivity contribution in [3.05, 3.63) is 30.1 Å². The summed E-state index contributed by atoms with van der Waals surface area (Å²) in [6, 6.07) is 3.43. The van der Waals surface area contributed by atoms with Crippen LogP contribution in [0.25, 0.3) is 0 Å². The van der Waals surface area contributed by atoms with E-state index in [2.05, 4.69) is 4.72 Å². The Morgan fingerprint density at radius 3 is 2.81 bits per heavy atom. The van der Waals surface area contributed by atoms with Gasteiger partial charge in [-0.25, -0.2) is 9.71 Å². The molecule has 0 radical (unpaired) electrons. The fraction of sp³-hybridized carbons (Fsp3) is 0.333. The molecule has 88 valence electrons. The van der Waals surface area contributed by atoms with E-state index < -0.39 is 10.2 Å². The lowest BCUT2D eigenvalue weighted by atomic mass is 10.2. The summed E-state index contributed by atoms with van der Waals surface area (Å²) in [6.07, 6.45) is 3.41. The van der Waals surface area contributed by atoms with Crippen molar-refractivity contribution in [2.45, 2.75) is 13.5 Å². The Balaban J connectivity index is 2.61. The normalized spacial score (nSPS) is 11.4. The molecule has 3 N–H and O–H groups in total. The lowest BCUT2D eigenvalue weighted by Gasteiger charge is -1.99. The van der Waals surface area contributed by atoms with Gasteiger partial charge in [-0.15, -0.1) is 0 Å². The zero-order valence-electron chi connectivity index (χ0n) is 8.88. The molecule has 0 fully saturated rings. The predicted octanol–water partition coefficient (Wildman–Crippen LogP) is -1.03. The van der Waals surface area contributed by atoms with Crippen molar-refractivity contribution in [1.29, 1.82) is 0 Å². The number of ketones is 1. The van der Waals surface area contributed by atoms with Crippen LogP contribution in [-0.2, 0) is 16.8 Å². The van der Waals surface area contributed by atoms with Crippen LogP contribution in [0, 0.1) is 0 Å². The van der Waals surface area contributed by atoms with Crippen LogP contribution in [0.15, 0.2) is 24.5 Å². The largest absolute Gasteiger partial charge is 0.294 e. The molecule has 0 saturated carbocycles. The maximum absolute atomic E-state index is 11.1. The van der Waals surface area contributed by atoms with Crippen molar-refractivity contribution in [2.24, 2.45) is 5.14 Å². The molecule has 1 aromatic heterocycles. The maximum atomic E-state index is 11.1. The highest BCUT2D eigenvalue weighted by Crippen LogP contribution is 1.94. The van der Waals surface area contributed by atoms with E-state index in [-0.39, 0.29) is 12.3 Å². The Morgan fingerprint density at radius 2 is 2.25 bits per heavy atom. The van der Waals surface area contributed by atoms with Crippen LogP contribution in [0.3, 0.4) is 0 Å². The van der Waals surface area contributed by atoms with Gasteiger partial charge in [-0.3, -0.25) is 4.79 Å². The number of pyridine rings is 1. The van der Waals surface area contributed by atoms with Crippen LogP contribution in [0.5, 0.6) is 0 Å². The van der Waals surface area contributed by atoms with E-state index in [1.807, 2.05) is 0 Å². The zero-order valence-corrected chi connectivity index (χ0v) is 9.70. The quantitative estimate of drug-likeness (QED) is 0.512. The Kier molecular flexibility index (Phi) is 4.11. The van der Waals surface area contributed by atoms with Gasteiger partial charge in [0.1, 0.15) is 0 Å². The second-order valence-electron chi connectivity index (χ2n) is 3.33. The van der Waals surface area contributed by atoms with E-state index in [1.165, 1.54) is 6.92 Å². The first-order chi connectivity index (χ1) is 7.38. The summed E-state index contributed by atoms with van der Waals surface area (Å²) in [5, 5.41) is 4.78. The molecule has 0 atom stereocenters. The third kappa shape index (κ3) is 4.47. The van der Waals surface area contributed by atoms with Crippen molar-refractivity contribution in [3.63, 3.8) is 0 Å². The fourth-order valence-electron chi connectivity index (χ4n) is 1.19. The smallest absolute Gasteiger partial charge is 0.274 e. The predicted molar refractivity (Wildman–Crippen MR) is 57.8 cm³/mol. The van der Waals surface area contributed by atoms with Crippen molar-refractivity contribution in [1.82, 2.24) is 4.72 Å². The van der Waals surface area contributed by atoms with Crippen LogP contribution >= 0.6 is 0 Å². The average Bonchev–Trinajstić information content (AvgIpc) is 2.16. The number of nitrogens with two attached hydrogens (primary N) is 1. The second-order valence-corrected chi connectivity index (χ2v) is 4.70. The van der Waals surface area contributed by atoms with Gasteiger partial charge in [-0.1, -0.05) is 0 Å². The van der Waals surface area contributed by atoms with Gasteiger partial charge in [0.05, 0.1) is 12.1 Å². The molecule has 6 nitrogen and oxygen atoms in total. The first kappa shape index (κ1) is 12.8. The standard InChI is InChI=1S/C9H14N3O3S/c1-8(13)9-3-2-5-12(7-9)6-4-11-16(10,14)15/h2-3,5,7,11H,4,6H2,1H3,(H2,10,14,15)/q+1. The number of rotatable bonds is 5. The van der Waals surface area contributed by atoms with Gasteiger partial charge in [0.2, 0.25) is 0 Å². The van der Waals surface area contributed by atoms with Crippen molar-refractivity contribution in [3.8, 4) is 0 Å². The van der Waals surface area contributed by atoms with Crippen molar-refractivity contribution in [2.75, 3.05) is 6.54 Å². The molecule has 0 unspecified atom stereocenters. The third-order valence-corrected chi connectivity index (χ3v) is 2.54. The summed E-state index contributed by atoms with van der Waals surface area (Å²) in [5.41, 5.74) is 0.582. The first-order valence-electron chi connectivity index (χ1n) is 4.66. The van der Waals surface area contributed by atoms with Crippen molar-refractivity contribution < 1.29 is 17.8 Å². The molecule has 1 aromatic rings. The molecule has 0 aliphatic heterocycles. The van der Waals surface area contributed by atoms with E-state index in [0.29, 0.717) is 12.1 Å². The summed E-state index contributed by atoms with van der Waals surface area (Å²) in [4.78, 5) is 11.1. The molecular weight excluding hydrogens is 230 g/mol. The third-order valence-electron chi connectivity index (χ3n) is 1.94. The number of hydrogen-bond donors (Lipinski definition) is 2. The molecule has 0 aromatic carbocycles. The average molecular weight is 244 g/mol. The van der Waals surface area contributed by atoms with E-state index in [9.17, 15) is 13.2 Å². The van der Waals surface area contributed by atoms with Crippen LogP contribution in [-0.4, -0.2) is 20.7 Å². The highest BCUT2D eigenvalue weighted by molar-refractivity contribution is 7.87. The Hall–Kier alpha value is -1.31. The second kappa shape index (κ2) is 5.15. The maximum Gasteiger partial charge on any atom is 0.274 e. The van der Waals surface area contributed by atoms with Crippen molar-refractivity contribution >= 4 is 16.0 Å². The van der Waals surface area contributed by atoms with Crippen LogP contribution in [0.4, 0.5) is 0 Å². The molecular formula is C9H14N3O3S+. The Bertz CT molecular complexity index is 485. The number of nitrogens with zero attached hydrogens (tertiary/aromatic N) is 1. The molecule has 1 rings (SSSR count). The lowest BCUT2D eigenvalue weighted by Crippen LogP contribution is -2.42. The van der Waals surface area contributed by atoms with Gasteiger partial charge in [0.15, 0.2) is 24.7 Å². The molecule has 16 heavy (non-hydrogen) atoms. The van der Waals surface area contributed by atoms with Crippen LogP contribution in [0.2, 0.25) is 0 Å². The zero-order chi connectivity index (χ0) is 12.2. The Labute approximate surface area is 94.3 Å². The minimum Gasteiger partial charge on any atom is -0.294 e. The molecule has 7 heteroatoms. The van der Waals surface area contributed by atoms with Gasteiger partial charge in [-0.05, 0) is 13.0 Å². The highest BCUT2D eigenvalue weighted by Gasteiger charge is 2.07. The number of nitrogens with one attached hydrogen (secondary N) is 1. The van der Waals surface area contributed by atoms with Gasteiger partial charge >= 0.3 is 0 Å². The number of carbonyl (C=O) groups is 1. The summed E-state index contributed by atoms with van der Waals surface area (Å²) < 4.78 is 25.1. The number of aromatic nitrogens is 1. The molecule has 0 spiro atoms. The van der Waals surface area contributed by atoms with E-state index in [0.717, 1.165) is 0 Å². The van der Waals surface area contributed by atoms with Crippen LogP contribution in [0.1, 0.15) is 17.3 Å². The van der Waals surface area contributed by atoms with E-state index in [4.69, 9.17) is 5.14 Å².